The van der Waals surface area contributed by atoms with Crippen LogP contribution >= 0.6 is 0 Å². The molecule has 1 spiro atoms. The van der Waals surface area contributed by atoms with E-state index in [-0.39, 0.29) is 42.5 Å². The number of nitro groups is 1. The number of esters is 1. The summed E-state index contributed by atoms with van der Waals surface area (Å²) in [6.45, 7) is 0. The van der Waals surface area contributed by atoms with Crippen LogP contribution < -0.4 is 4.46 Å². The molecule has 0 radical (unpaired) electrons. The third-order valence-electron chi connectivity index (χ3n) is 5.87. The molecule has 2 aromatic rings. The van der Waals surface area contributed by atoms with Crippen LogP contribution in [0.25, 0.3) is 0 Å². The predicted molar refractivity (Wildman–Crippen MR) is 118 cm³/mol. The van der Waals surface area contributed by atoms with Gasteiger partial charge in [0.05, 0.1) is 0 Å². The summed E-state index contributed by atoms with van der Waals surface area (Å²) in [5.74, 6) is -0.594. The Bertz CT molecular complexity index is 1140. The molecule has 0 saturated carbocycles. The van der Waals surface area contributed by atoms with Crippen LogP contribution in [0.5, 0.6) is 0 Å². The summed E-state index contributed by atoms with van der Waals surface area (Å²) in [5, 5.41) is 15.5. The first-order valence-electron chi connectivity index (χ1n) is 10.3. The first-order valence-corrected chi connectivity index (χ1v) is 12.1. The summed E-state index contributed by atoms with van der Waals surface area (Å²) < 4.78 is 18.5. The van der Waals surface area contributed by atoms with Gasteiger partial charge < -0.3 is 0 Å². The Morgan fingerprint density at radius 1 is 1.18 bits per heavy atom. The molecule has 3 aliphatic rings. The molecule has 2 heterocycles. The number of methoxy groups -OCH3 is 1. The van der Waals surface area contributed by atoms with E-state index < -0.39 is 30.1 Å². The van der Waals surface area contributed by atoms with E-state index in [0.717, 1.165) is 5.56 Å². The van der Waals surface area contributed by atoms with E-state index >= 15 is 0 Å². The molecule has 2 aromatic carbocycles. The van der Waals surface area contributed by atoms with E-state index in [4.69, 9.17) is 19.0 Å². The molecule has 0 amide bonds. The van der Waals surface area contributed by atoms with Crippen molar-refractivity contribution in [3.05, 3.63) is 82.4 Å². The van der Waals surface area contributed by atoms with Crippen molar-refractivity contribution in [2.24, 2.45) is 5.16 Å². The molecule has 170 valence electrons. The SMILES string of the molecule is COC(=O)C1=NO[C@H]2C=C[C@H]([Se]c3ccccc3[N+](=O)[O-])[C@@H]3OC(c4ccccc4)O[C@]23C1. The number of carbonyl (C=O) groups excluding carboxylic acids is 1. The number of rotatable bonds is 5. The first-order chi connectivity index (χ1) is 16.0. The van der Waals surface area contributed by atoms with Crippen molar-refractivity contribution in [1.29, 1.82) is 0 Å². The molecule has 1 saturated heterocycles. The second-order valence-corrected chi connectivity index (χ2v) is 10.4. The number of oxime groups is 1. The quantitative estimate of drug-likeness (QED) is 0.198. The average molecular weight is 515 g/mol. The molecular weight excluding hydrogens is 495 g/mol. The second kappa shape index (κ2) is 8.72. The van der Waals surface area contributed by atoms with Crippen molar-refractivity contribution in [1.82, 2.24) is 0 Å². The van der Waals surface area contributed by atoms with Gasteiger partial charge in [-0.3, -0.25) is 0 Å². The number of benzene rings is 2. The van der Waals surface area contributed by atoms with Crippen LogP contribution in [0.15, 0.2) is 71.9 Å². The van der Waals surface area contributed by atoms with E-state index in [9.17, 15) is 14.9 Å². The Hall–Kier alpha value is -3.04. The molecule has 1 fully saturated rings. The van der Waals surface area contributed by atoms with Crippen LogP contribution in [-0.2, 0) is 23.8 Å². The molecule has 2 aliphatic heterocycles. The van der Waals surface area contributed by atoms with Crippen LogP contribution in [0, 0.1) is 10.1 Å². The van der Waals surface area contributed by atoms with Gasteiger partial charge >= 0.3 is 196 Å². The van der Waals surface area contributed by atoms with Crippen molar-refractivity contribution < 1.29 is 28.8 Å². The molecule has 10 heteroatoms. The first kappa shape index (κ1) is 21.8. The van der Waals surface area contributed by atoms with Gasteiger partial charge in [0.25, 0.3) is 0 Å². The molecule has 5 atom stereocenters. The summed E-state index contributed by atoms with van der Waals surface area (Å²) in [5.41, 5.74) is 0.0102. The van der Waals surface area contributed by atoms with Gasteiger partial charge in [0.15, 0.2) is 0 Å². The fourth-order valence-corrected chi connectivity index (χ4v) is 7.05. The molecule has 9 nitrogen and oxygen atoms in total. The second-order valence-electron chi connectivity index (χ2n) is 7.80. The Morgan fingerprint density at radius 2 is 1.94 bits per heavy atom. The molecular formula is C23H20N2O7Se. The number of hydrogen-bond donors (Lipinski definition) is 0. The third kappa shape index (κ3) is 3.85. The van der Waals surface area contributed by atoms with Crippen molar-refractivity contribution in [2.75, 3.05) is 7.11 Å². The number of para-hydroxylation sites is 1. The number of ether oxygens (including phenoxy) is 3. The molecule has 0 N–H and O–H groups in total. The third-order valence-corrected chi connectivity index (χ3v) is 8.55. The monoisotopic (exact) mass is 516 g/mol. The zero-order valence-corrected chi connectivity index (χ0v) is 19.2. The van der Waals surface area contributed by atoms with Crippen LogP contribution in [0.4, 0.5) is 5.69 Å². The summed E-state index contributed by atoms with van der Waals surface area (Å²) in [6.07, 6.45) is 2.20. The van der Waals surface area contributed by atoms with Crippen molar-refractivity contribution >= 4 is 36.8 Å². The van der Waals surface area contributed by atoms with E-state index in [1.807, 2.05) is 42.5 Å². The van der Waals surface area contributed by atoms with E-state index in [2.05, 4.69) is 5.16 Å². The van der Waals surface area contributed by atoms with Gasteiger partial charge in [-0.1, -0.05) is 0 Å². The van der Waals surface area contributed by atoms with E-state index in [1.165, 1.54) is 13.2 Å². The number of nitro benzene ring substituents is 1. The van der Waals surface area contributed by atoms with Crippen LogP contribution in [-0.4, -0.2) is 56.5 Å². The topological polar surface area (TPSA) is 109 Å². The molecule has 1 aliphatic carbocycles. The fourth-order valence-electron chi connectivity index (χ4n) is 4.32. The zero-order valence-electron chi connectivity index (χ0n) is 17.5. The Morgan fingerprint density at radius 3 is 2.70 bits per heavy atom. The van der Waals surface area contributed by atoms with Crippen LogP contribution in [0.1, 0.15) is 18.3 Å². The maximum atomic E-state index is 12.3. The minimum absolute atomic E-state index is 0.0808. The summed E-state index contributed by atoms with van der Waals surface area (Å²) in [6, 6.07) is 16.2. The van der Waals surface area contributed by atoms with E-state index in [0.29, 0.717) is 4.46 Å². The normalized spacial score (nSPS) is 29.9. The van der Waals surface area contributed by atoms with Gasteiger partial charge in [0.2, 0.25) is 0 Å². The standard InChI is InChI=1S/C23H20N2O7Se/c1-29-21(26)15-13-23-19(32-24-15)12-11-18(33-17-10-6-5-9-16(17)25(27)28)20(23)30-22(31-23)14-7-3-2-4-8-14/h2-12,18-20,22H,13H2,1H3/t18-,19-,20-,22?,23+/m0/s1. The van der Waals surface area contributed by atoms with Crippen molar-refractivity contribution in [3.8, 4) is 0 Å². The predicted octanol–water partition coefficient (Wildman–Crippen LogP) is 2.45. The number of nitrogens with zero attached hydrogens (tertiary/aromatic N) is 2. The fraction of sp³-hybridized carbons (Fsp3) is 0.304. The Kier molecular flexibility index (Phi) is 5.76. The zero-order chi connectivity index (χ0) is 23.0. The molecule has 33 heavy (non-hydrogen) atoms. The van der Waals surface area contributed by atoms with Gasteiger partial charge in [-0.25, -0.2) is 0 Å². The number of hydrogen-bond acceptors (Lipinski definition) is 8. The maximum absolute atomic E-state index is 12.3. The Labute approximate surface area is 195 Å². The van der Waals surface area contributed by atoms with Gasteiger partial charge in [0, 0.05) is 0 Å². The summed E-state index contributed by atoms with van der Waals surface area (Å²) >= 11 is -0.349. The Balaban J connectivity index is 1.52. The van der Waals surface area contributed by atoms with Gasteiger partial charge in [-0.05, 0) is 0 Å². The van der Waals surface area contributed by atoms with Gasteiger partial charge in [-0.2, -0.15) is 0 Å². The van der Waals surface area contributed by atoms with Gasteiger partial charge in [0.1, 0.15) is 0 Å². The average Bonchev–Trinajstić information content (AvgIpc) is 3.23. The summed E-state index contributed by atoms with van der Waals surface area (Å²) in [4.78, 5) is 28.9. The van der Waals surface area contributed by atoms with Gasteiger partial charge in [-0.15, -0.1) is 0 Å². The van der Waals surface area contributed by atoms with Crippen molar-refractivity contribution in [3.63, 3.8) is 0 Å². The molecule has 5 rings (SSSR count). The molecule has 0 aromatic heterocycles. The van der Waals surface area contributed by atoms with Crippen LogP contribution in [0.2, 0.25) is 4.82 Å². The van der Waals surface area contributed by atoms with E-state index in [1.54, 1.807) is 18.2 Å². The summed E-state index contributed by atoms with van der Waals surface area (Å²) in [7, 11) is 1.28. The van der Waals surface area contributed by atoms with Crippen LogP contribution in [0.3, 0.4) is 0 Å². The minimum atomic E-state index is -1.02. The molecule has 0 bridgehead atoms. The molecule has 1 unspecified atom stereocenters. The number of carbonyl (C=O) groups is 1. The van der Waals surface area contributed by atoms with Crippen molar-refractivity contribution in [2.45, 2.75) is 35.3 Å².